The molecule has 4 unspecified atom stereocenters. The predicted octanol–water partition coefficient (Wildman–Crippen LogP) is 3.68. The van der Waals surface area contributed by atoms with Gasteiger partial charge in [-0.15, -0.1) is 0 Å². The molecule has 7 nitrogen and oxygen atoms in total. The van der Waals surface area contributed by atoms with Gasteiger partial charge in [0.1, 0.15) is 0 Å². The van der Waals surface area contributed by atoms with Crippen LogP contribution in [-0.2, 0) is 14.8 Å². The van der Waals surface area contributed by atoms with Crippen molar-refractivity contribution in [3.8, 4) is 11.5 Å². The normalized spacial score (nSPS) is 26.4. The lowest BCUT2D eigenvalue weighted by molar-refractivity contribution is 0.114. The minimum atomic E-state index is -3.62. The van der Waals surface area contributed by atoms with E-state index in [4.69, 9.17) is 9.47 Å². The van der Waals surface area contributed by atoms with Crippen LogP contribution in [0, 0.1) is 5.92 Å². The van der Waals surface area contributed by atoms with Crippen LogP contribution in [0.3, 0.4) is 0 Å². The van der Waals surface area contributed by atoms with Gasteiger partial charge in [0.2, 0.25) is 10.0 Å². The Morgan fingerprint density at radius 2 is 2.12 bits per heavy atom. The summed E-state index contributed by atoms with van der Waals surface area (Å²) in [6.45, 7) is 0.992. The van der Waals surface area contributed by atoms with E-state index in [1.807, 2.05) is 12.1 Å². The van der Waals surface area contributed by atoms with E-state index in [1.54, 1.807) is 24.3 Å². The third-order valence-corrected chi connectivity index (χ3v) is 8.15. The van der Waals surface area contributed by atoms with Crippen molar-refractivity contribution in [3.63, 3.8) is 0 Å². The van der Waals surface area contributed by atoms with Gasteiger partial charge in [0, 0.05) is 24.8 Å². The number of sulfonamides is 1. The number of allylic oxidation sites excluding steroid dienone is 2. The SMILES string of the molecule is COc1ccc(C2Nc3ccc(S(=O)(=O)NCC4CCCO4)cc3C3C=CCC32)cc1O. The molecule has 3 N–H and O–H groups in total. The number of hydrogen-bond acceptors (Lipinski definition) is 6. The highest BCUT2D eigenvalue weighted by molar-refractivity contribution is 7.89. The minimum Gasteiger partial charge on any atom is -0.504 e. The molecule has 32 heavy (non-hydrogen) atoms. The fourth-order valence-electron chi connectivity index (χ4n) is 5.06. The molecule has 0 spiro atoms. The molecule has 5 rings (SSSR count). The highest BCUT2D eigenvalue weighted by Gasteiger charge is 2.38. The zero-order chi connectivity index (χ0) is 22.3. The van der Waals surface area contributed by atoms with Crippen molar-refractivity contribution < 1.29 is 23.0 Å². The fourth-order valence-corrected chi connectivity index (χ4v) is 6.16. The first-order valence-corrected chi connectivity index (χ1v) is 12.5. The lowest BCUT2D eigenvalue weighted by Crippen LogP contribution is -2.32. The molecule has 170 valence electrons. The zero-order valence-corrected chi connectivity index (χ0v) is 18.8. The number of phenolic OH excluding ortho intramolecular Hbond substituents is 1. The van der Waals surface area contributed by atoms with E-state index in [0.717, 1.165) is 36.1 Å². The second kappa shape index (κ2) is 8.42. The smallest absolute Gasteiger partial charge is 0.240 e. The van der Waals surface area contributed by atoms with Gasteiger partial charge in [-0.1, -0.05) is 18.2 Å². The Morgan fingerprint density at radius 3 is 2.88 bits per heavy atom. The van der Waals surface area contributed by atoms with Gasteiger partial charge in [-0.25, -0.2) is 13.1 Å². The van der Waals surface area contributed by atoms with Crippen LogP contribution in [0.5, 0.6) is 11.5 Å². The molecule has 3 aliphatic rings. The molecular formula is C24H28N2O5S. The van der Waals surface area contributed by atoms with Crippen molar-refractivity contribution in [2.75, 3.05) is 25.6 Å². The summed E-state index contributed by atoms with van der Waals surface area (Å²) < 4.78 is 39.2. The Morgan fingerprint density at radius 1 is 1.25 bits per heavy atom. The molecule has 2 aliphatic heterocycles. The number of methoxy groups -OCH3 is 1. The molecule has 4 atom stereocenters. The second-order valence-electron chi connectivity index (χ2n) is 8.64. The highest BCUT2D eigenvalue weighted by atomic mass is 32.2. The van der Waals surface area contributed by atoms with E-state index in [1.165, 1.54) is 7.11 Å². The van der Waals surface area contributed by atoms with Crippen LogP contribution in [0.2, 0.25) is 0 Å². The average molecular weight is 457 g/mol. The van der Waals surface area contributed by atoms with E-state index in [-0.39, 0.29) is 34.6 Å². The van der Waals surface area contributed by atoms with Gasteiger partial charge < -0.3 is 19.9 Å². The van der Waals surface area contributed by atoms with Crippen LogP contribution in [0.4, 0.5) is 5.69 Å². The summed E-state index contributed by atoms with van der Waals surface area (Å²) in [6, 6.07) is 10.7. The van der Waals surface area contributed by atoms with Gasteiger partial charge in [0.15, 0.2) is 11.5 Å². The van der Waals surface area contributed by atoms with Crippen LogP contribution >= 0.6 is 0 Å². The molecule has 1 saturated heterocycles. The number of nitrogens with one attached hydrogen (secondary N) is 2. The molecule has 0 bridgehead atoms. The van der Waals surface area contributed by atoms with E-state index in [9.17, 15) is 13.5 Å². The Labute approximate surface area is 188 Å². The van der Waals surface area contributed by atoms with Crippen LogP contribution in [0.25, 0.3) is 0 Å². The number of anilines is 1. The van der Waals surface area contributed by atoms with E-state index in [0.29, 0.717) is 18.9 Å². The minimum absolute atomic E-state index is 0.000552. The van der Waals surface area contributed by atoms with E-state index in [2.05, 4.69) is 22.2 Å². The first-order valence-electron chi connectivity index (χ1n) is 11.0. The Hall–Kier alpha value is -2.55. The Balaban J connectivity index is 1.42. The molecule has 2 heterocycles. The number of hydrogen-bond donors (Lipinski definition) is 3. The lowest BCUT2D eigenvalue weighted by atomic mass is 9.77. The third kappa shape index (κ3) is 3.87. The van der Waals surface area contributed by atoms with E-state index < -0.39 is 10.0 Å². The number of ether oxygens (including phenoxy) is 2. The standard InChI is InChI=1S/C24H28N2O5S/c1-30-23-10-7-15(12-22(23)27)24-19-6-2-5-18(19)20-13-17(8-9-21(20)26-24)32(28,29)25-14-16-4-3-11-31-16/h2,5,7-10,12-13,16,18-19,24-27H,3-4,6,11,14H2,1H3. The molecule has 0 saturated carbocycles. The van der Waals surface area contributed by atoms with Crippen LogP contribution < -0.4 is 14.8 Å². The largest absolute Gasteiger partial charge is 0.504 e. The second-order valence-corrected chi connectivity index (χ2v) is 10.4. The number of aromatic hydroxyl groups is 1. The first-order chi connectivity index (χ1) is 15.5. The molecule has 1 aliphatic carbocycles. The molecule has 8 heteroatoms. The molecule has 0 radical (unpaired) electrons. The first kappa shape index (κ1) is 21.3. The van der Waals surface area contributed by atoms with Gasteiger partial charge in [-0.05, 0) is 66.6 Å². The number of fused-ring (bicyclic) bond motifs is 3. The molecule has 0 amide bonds. The fraction of sp³-hybridized carbons (Fsp3) is 0.417. The summed E-state index contributed by atoms with van der Waals surface area (Å²) in [5.74, 6) is 0.886. The van der Waals surface area contributed by atoms with Crippen LogP contribution in [0.15, 0.2) is 53.4 Å². The van der Waals surface area contributed by atoms with Gasteiger partial charge in [0.05, 0.1) is 24.2 Å². The third-order valence-electron chi connectivity index (χ3n) is 6.73. The summed E-state index contributed by atoms with van der Waals surface area (Å²) in [7, 11) is -2.09. The van der Waals surface area contributed by atoms with Gasteiger partial charge in [-0.2, -0.15) is 0 Å². The van der Waals surface area contributed by atoms with Gasteiger partial charge in [0.25, 0.3) is 0 Å². The number of phenols is 1. The van der Waals surface area contributed by atoms with Crippen molar-refractivity contribution in [2.45, 2.75) is 42.2 Å². The van der Waals surface area contributed by atoms with E-state index >= 15 is 0 Å². The van der Waals surface area contributed by atoms with Crippen molar-refractivity contribution >= 4 is 15.7 Å². The van der Waals surface area contributed by atoms with Crippen molar-refractivity contribution in [1.29, 1.82) is 0 Å². The molecule has 2 aromatic rings. The molecule has 2 aromatic carbocycles. The lowest BCUT2D eigenvalue weighted by Gasteiger charge is -2.37. The molecule has 1 fully saturated rings. The van der Waals surface area contributed by atoms with Gasteiger partial charge >= 0.3 is 0 Å². The summed E-state index contributed by atoms with van der Waals surface area (Å²) in [6.07, 6.45) is 7.00. The average Bonchev–Trinajstić information content (AvgIpc) is 3.49. The summed E-state index contributed by atoms with van der Waals surface area (Å²) in [5.41, 5.74) is 2.87. The molecule has 0 aromatic heterocycles. The Kier molecular flexibility index (Phi) is 5.61. The summed E-state index contributed by atoms with van der Waals surface area (Å²) >= 11 is 0. The Bertz CT molecular complexity index is 1140. The predicted molar refractivity (Wildman–Crippen MR) is 122 cm³/mol. The quantitative estimate of drug-likeness (QED) is 0.574. The maximum absolute atomic E-state index is 12.9. The maximum Gasteiger partial charge on any atom is 0.240 e. The summed E-state index contributed by atoms with van der Waals surface area (Å²) in [5, 5.41) is 13.8. The topological polar surface area (TPSA) is 96.9 Å². The van der Waals surface area contributed by atoms with Crippen LogP contribution in [-0.4, -0.2) is 39.9 Å². The van der Waals surface area contributed by atoms with Crippen LogP contribution in [0.1, 0.15) is 42.3 Å². The van der Waals surface area contributed by atoms with Crippen molar-refractivity contribution in [1.82, 2.24) is 4.72 Å². The van der Waals surface area contributed by atoms with Crippen molar-refractivity contribution in [3.05, 3.63) is 59.7 Å². The summed E-state index contributed by atoms with van der Waals surface area (Å²) in [4.78, 5) is 0.274. The number of rotatable bonds is 6. The van der Waals surface area contributed by atoms with Gasteiger partial charge in [-0.3, -0.25) is 0 Å². The zero-order valence-electron chi connectivity index (χ0n) is 18.0. The molecular weight excluding hydrogens is 428 g/mol. The highest BCUT2D eigenvalue weighted by Crippen LogP contribution is 2.50. The monoisotopic (exact) mass is 456 g/mol. The number of benzene rings is 2. The maximum atomic E-state index is 12.9. The van der Waals surface area contributed by atoms with Crippen molar-refractivity contribution in [2.24, 2.45) is 5.92 Å².